The predicted molar refractivity (Wildman–Crippen MR) is 70.4 cm³/mol. The maximum atomic E-state index is 13.1. The lowest BCUT2D eigenvalue weighted by Crippen LogP contribution is -2.14. The smallest absolute Gasteiger partial charge is 0.255 e. The van der Waals surface area contributed by atoms with Gasteiger partial charge < -0.3 is 5.32 Å². The van der Waals surface area contributed by atoms with E-state index in [2.05, 4.69) is 5.32 Å². The van der Waals surface area contributed by atoms with Crippen molar-refractivity contribution in [3.8, 4) is 6.07 Å². The molecule has 1 amide bonds. The summed E-state index contributed by atoms with van der Waals surface area (Å²) in [6, 6.07) is 7.09. The van der Waals surface area contributed by atoms with Gasteiger partial charge in [0.1, 0.15) is 6.07 Å². The van der Waals surface area contributed by atoms with Gasteiger partial charge in [-0.2, -0.15) is 5.26 Å². The average molecular weight is 311 g/mol. The van der Waals surface area contributed by atoms with Gasteiger partial charge in [-0.3, -0.25) is 4.79 Å². The number of hydrogen-bond donors (Lipinski definition) is 1. The third kappa shape index (κ3) is 3.15. The normalized spacial score (nSPS) is 10.0. The second-order valence-corrected chi connectivity index (χ2v) is 4.45. The van der Waals surface area contributed by atoms with Crippen molar-refractivity contribution >= 4 is 23.2 Å². The molecule has 0 fully saturated rings. The molecule has 0 aliphatic heterocycles. The van der Waals surface area contributed by atoms with Gasteiger partial charge in [0.2, 0.25) is 0 Å². The third-order valence-corrected chi connectivity index (χ3v) is 2.83. The maximum absolute atomic E-state index is 13.1. The molecule has 106 valence electrons. The van der Waals surface area contributed by atoms with Crippen molar-refractivity contribution in [1.29, 1.82) is 5.26 Å². The number of amides is 1. The van der Waals surface area contributed by atoms with E-state index in [4.69, 9.17) is 16.9 Å². The van der Waals surface area contributed by atoms with Crippen LogP contribution in [0.5, 0.6) is 0 Å². The van der Waals surface area contributed by atoms with Gasteiger partial charge in [0.15, 0.2) is 17.5 Å². The lowest BCUT2D eigenvalue weighted by Gasteiger charge is -2.08. The van der Waals surface area contributed by atoms with Crippen LogP contribution in [0.3, 0.4) is 0 Å². The minimum absolute atomic E-state index is 0.0835. The fourth-order valence-corrected chi connectivity index (χ4v) is 1.77. The first-order valence-electron chi connectivity index (χ1n) is 5.58. The van der Waals surface area contributed by atoms with Crippen molar-refractivity contribution in [1.82, 2.24) is 0 Å². The molecule has 0 unspecified atom stereocenters. The lowest BCUT2D eigenvalue weighted by molar-refractivity contribution is 0.102. The Hall–Kier alpha value is -2.52. The van der Waals surface area contributed by atoms with Gasteiger partial charge in [-0.1, -0.05) is 11.6 Å². The van der Waals surface area contributed by atoms with Crippen LogP contribution in [0.25, 0.3) is 0 Å². The molecule has 3 nitrogen and oxygen atoms in total. The molecule has 0 heterocycles. The Bertz CT molecular complexity index is 748. The number of nitrogens with zero attached hydrogens (tertiary/aromatic N) is 1. The summed E-state index contributed by atoms with van der Waals surface area (Å²) in [7, 11) is 0. The second kappa shape index (κ2) is 5.85. The molecule has 0 aliphatic carbocycles. The molecule has 0 atom stereocenters. The summed E-state index contributed by atoms with van der Waals surface area (Å²) >= 11 is 5.74. The molecular formula is C14H6ClF3N2O. The van der Waals surface area contributed by atoms with Gasteiger partial charge in [0.05, 0.1) is 11.3 Å². The van der Waals surface area contributed by atoms with Crippen molar-refractivity contribution in [2.24, 2.45) is 0 Å². The molecule has 2 aromatic carbocycles. The third-order valence-electron chi connectivity index (χ3n) is 2.60. The van der Waals surface area contributed by atoms with Crippen molar-refractivity contribution in [2.45, 2.75) is 0 Å². The summed E-state index contributed by atoms with van der Waals surface area (Å²) < 4.78 is 39.0. The number of nitriles is 1. The van der Waals surface area contributed by atoms with Crippen molar-refractivity contribution in [3.05, 3.63) is 63.9 Å². The molecule has 0 saturated carbocycles. The summed E-state index contributed by atoms with van der Waals surface area (Å²) in [6.45, 7) is 0. The standard InChI is InChI=1S/C14H6ClF3N2O/c15-9-2-1-7(6-19)12(5-9)20-14(21)8-3-10(16)13(18)11(17)4-8/h1-5H,(H,20,21). The molecule has 0 aliphatic rings. The van der Waals surface area contributed by atoms with E-state index in [1.54, 1.807) is 0 Å². The molecule has 1 N–H and O–H groups in total. The number of rotatable bonds is 2. The molecular weight excluding hydrogens is 305 g/mol. The number of carbonyl (C=O) groups is 1. The Morgan fingerprint density at radius 2 is 1.76 bits per heavy atom. The molecule has 2 rings (SSSR count). The lowest BCUT2D eigenvalue weighted by atomic mass is 10.1. The van der Waals surface area contributed by atoms with Crippen LogP contribution in [-0.2, 0) is 0 Å². The van der Waals surface area contributed by atoms with Crippen molar-refractivity contribution < 1.29 is 18.0 Å². The number of anilines is 1. The van der Waals surface area contributed by atoms with E-state index < -0.39 is 28.9 Å². The Morgan fingerprint density at radius 3 is 2.33 bits per heavy atom. The highest BCUT2D eigenvalue weighted by Gasteiger charge is 2.16. The zero-order valence-corrected chi connectivity index (χ0v) is 11.0. The summed E-state index contributed by atoms with van der Waals surface area (Å²) in [5.41, 5.74) is -0.216. The number of hydrogen-bond acceptors (Lipinski definition) is 2. The molecule has 0 aromatic heterocycles. The fraction of sp³-hybridized carbons (Fsp3) is 0. The SMILES string of the molecule is N#Cc1ccc(Cl)cc1NC(=O)c1cc(F)c(F)c(F)c1. The van der Waals surface area contributed by atoms with Crippen LogP contribution in [0.1, 0.15) is 15.9 Å². The van der Waals surface area contributed by atoms with E-state index >= 15 is 0 Å². The summed E-state index contributed by atoms with van der Waals surface area (Å²) in [6.07, 6.45) is 0. The largest absolute Gasteiger partial charge is 0.321 e. The van der Waals surface area contributed by atoms with Crippen molar-refractivity contribution in [3.63, 3.8) is 0 Å². The summed E-state index contributed by atoms with van der Waals surface area (Å²) in [4.78, 5) is 11.9. The predicted octanol–water partition coefficient (Wildman–Crippen LogP) is 3.88. The Kier molecular flexibility index (Phi) is 4.15. The monoisotopic (exact) mass is 310 g/mol. The number of nitrogens with one attached hydrogen (secondary N) is 1. The molecule has 0 bridgehead atoms. The first-order chi connectivity index (χ1) is 9.92. The first-order valence-corrected chi connectivity index (χ1v) is 5.95. The Labute approximate surface area is 122 Å². The van der Waals surface area contributed by atoms with E-state index in [-0.39, 0.29) is 16.3 Å². The minimum atomic E-state index is -1.66. The van der Waals surface area contributed by atoms with Gasteiger partial charge in [-0.05, 0) is 30.3 Å². The Balaban J connectivity index is 2.35. The second-order valence-electron chi connectivity index (χ2n) is 4.01. The zero-order chi connectivity index (χ0) is 15.6. The zero-order valence-electron chi connectivity index (χ0n) is 10.3. The average Bonchev–Trinajstić information content (AvgIpc) is 2.44. The molecule has 2 aromatic rings. The fourth-order valence-electron chi connectivity index (χ4n) is 1.60. The van der Waals surface area contributed by atoms with E-state index in [1.165, 1.54) is 18.2 Å². The first kappa shape index (κ1) is 14.9. The van der Waals surface area contributed by atoms with E-state index in [1.807, 2.05) is 6.07 Å². The molecule has 21 heavy (non-hydrogen) atoms. The van der Waals surface area contributed by atoms with Gasteiger partial charge >= 0.3 is 0 Å². The summed E-state index contributed by atoms with van der Waals surface area (Å²) in [5.74, 6) is -5.52. The van der Waals surface area contributed by atoms with Gasteiger partial charge in [0.25, 0.3) is 5.91 Å². The van der Waals surface area contributed by atoms with E-state index in [0.29, 0.717) is 12.1 Å². The number of benzene rings is 2. The molecule has 0 saturated heterocycles. The molecule has 7 heteroatoms. The Morgan fingerprint density at radius 1 is 1.14 bits per heavy atom. The van der Waals surface area contributed by atoms with Gasteiger partial charge in [-0.15, -0.1) is 0 Å². The van der Waals surface area contributed by atoms with Crippen LogP contribution in [0.2, 0.25) is 5.02 Å². The van der Waals surface area contributed by atoms with Crippen molar-refractivity contribution in [2.75, 3.05) is 5.32 Å². The van der Waals surface area contributed by atoms with Crippen LogP contribution in [0, 0.1) is 28.8 Å². The van der Waals surface area contributed by atoms with Crippen LogP contribution < -0.4 is 5.32 Å². The van der Waals surface area contributed by atoms with E-state index in [0.717, 1.165) is 0 Å². The van der Waals surface area contributed by atoms with E-state index in [9.17, 15) is 18.0 Å². The highest BCUT2D eigenvalue weighted by Crippen LogP contribution is 2.22. The number of carbonyl (C=O) groups excluding carboxylic acids is 1. The summed E-state index contributed by atoms with van der Waals surface area (Å²) in [5, 5.41) is 11.5. The number of halogens is 4. The minimum Gasteiger partial charge on any atom is -0.321 e. The topological polar surface area (TPSA) is 52.9 Å². The maximum Gasteiger partial charge on any atom is 0.255 e. The highest BCUT2D eigenvalue weighted by atomic mass is 35.5. The van der Waals surface area contributed by atoms with Gasteiger partial charge in [-0.25, -0.2) is 13.2 Å². The van der Waals surface area contributed by atoms with Crippen LogP contribution in [-0.4, -0.2) is 5.91 Å². The van der Waals surface area contributed by atoms with Crippen LogP contribution >= 0.6 is 11.6 Å². The molecule has 0 spiro atoms. The highest BCUT2D eigenvalue weighted by molar-refractivity contribution is 6.31. The van der Waals surface area contributed by atoms with Crippen LogP contribution in [0.15, 0.2) is 30.3 Å². The van der Waals surface area contributed by atoms with Gasteiger partial charge in [0, 0.05) is 10.6 Å². The van der Waals surface area contributed by atoms with Crippen LogP contribution in [0.4, 0.5) is 18.9 Å². The quantitative estimate of drug-likeness (QED) is 0.856. The molecule has 0 radical (unpaired) electrons.